The molecule has 0 saturated heterocycles. The van der Waals surface area contributed by atoms with E-state index in [9.17, 15) is 8.42 Å². The number of benzene rings is 1. The molecule has 1 aliphatic heterocycles. The van der Waals surface area contributed by atoms with Crippen molar-refractivity contribution >= 4 is 43.0 Å². The molecule has 1 aromatic carbocycles. The minimum absolute atomic E-state index is 0.305. The van der Waals surface area contributed by atoms with Crippen LogP contribution in [0, 0.1) is 6.92 Å². The number of sulfonamides is 1. The first-order valence-corrected chi connectivity index (χ1v) is 10.8. The monoisotopic (exact) mass is 434 g/mol. The number of anilines is 1. The zero-order chi connectivity index (χ0) is 17.6. The molecule has 0 bridgehead atoms. The smallest absolute Gasteiger partial charge is 0.264 e. The van der Waals surface area contributed by atoms with Gasteiger partial charge >= 0.3 is 0 Å². The molecule has 4 nitrogen and oxygen atoms in total. The van der Waals surface area contributed by atoms with E-state index >= 15 is 0 Å². The van der Waals surface area contributed by atoms with Gasteiger partial charge < -0.3 is 0 Å². The molecule has 0 atom stereocenters. The van der Waals surface area contributed by atoms with E-state index in [1.165, 1.54) is 4.31 Å². The Morgan fingerprint density at radius 2 is 1.96 bits per heavy atom. The molecular formula is C18H15BrN2O2S2. The van der Waals surface area contributed by atoms with Crippen LogP contribution in [0.5, 0.6) is 0 Å². The van der Waals surface area contributed by atoms with Crippen LogP contribution in [-0.2, 0) is 16.4 Å². The summed E-state index contributed by atoms with van der Waals surface area (Å²) in [5, 5.41) is 0. The van der Waals surface area contributed by atoms with Crippen molar-refractivity contribution in [1.82, 2.24) is 4.98 Å². The molecule has 128 valence electrons. The predicted molar refractivity (Wildman–Crippen MR) is 105 cm³/mol. The fourth-order valence-electron chi connectivity index (χ4n) is 2.98. The van der Waals surface area contributed by atoms with E-state index in [2.05, 4.69) is 27.0 Å². The first-order chi connectivity index (χ1) is 12.0. The van der Waals surface area contributed by atoms with Crippen LogP contribution in [0.2, 0.25) is 0 Å². The van der Waals surface area contributed by atoms with E-state index in [1.807, 2.05) is 25.1 Å². The fourth-order valence-corrected chi connectivity index (χ4v) is 6.16. The number of thiophene rings is 1. The Hall–Kier alpha value is -1.70. The van der Waals surface area contributed by atoms with E-state index in [0.29, 0.717) is 23.5 Å². The quantitative estimate of drug-likeness (QED) is 0.590. The third-order valence-electron chi connectivity index (χ3n) is 4.24. The van der Waals surface area contributed by atoms with Gasteiger partial charge in [0, 0.05) is 12.7 Å². The maximum atomic E-state index is 13.2. The second-order valence-corrected chi connectivity index (χ2v) is 10.2. The van der Waals surface area contributed by atoms with Crippen molar-refractivity contribution in [3.63, 3.8) is 0 Å². The maximum absolute atomic E-state index is 13.2. The number of aryl methyl sites for hydroxylation is 1. The van der Waals surface area contributed by atoms with Crippen molar-refractivity contribution in [2.24, 2.45) is 0 Å². The molecule has 3 aromatic rings. The Balaban J connectivity index is 1.88. The Labute approximate surface area is 159 Å². The summed E-state index contributed by atoms with van der Waals surface area (Å²) in [6.07, 6.45) is 2.36. The van der Waals surface area contributed by atoms with Crippen LogP contribution in [0.15, 0.2) is 57.3 Å². The Bertz CT molecular complexity index is 1040. The van der Waals surface area contributed by atoms with Gasteiger partial charge in [0.2, 0.25) is 0 Å². The van der Waals surface area contributed by atoms with Gasteiger partial charge in [-0.15, -0.1) is 11.3 Å². The minimum Gasteiger partial charge on any atom is -0.264 e. The zero-order valence-corrected chi connectivity index (χ0v) is 16.7. The molecule has 2 aromatic heterocycles. The molecule has 4 rings (SSSR count). The highest BCUT2D eigenvalue weighted by Crippen LogP contribution is 2.42. The molecule has 25 heavy (non-hydrogen) atoms. The lowest BCUT2D eigenvalue weighted by atomic mass is 10.1. The SMILES string of the molecule is Cc1ccc(S(=O)(=O)N2CCc3cc(Br)sc3-c3ncccc32)cc1. The normalized spacial score (nSPS) is 13.9. The van der Waals surface area contributed by atoms with Gasteiger partial charge in [-0.25, -0.2) is 8.42 Å². The van der Waals surface area contributed by atoms with Crippen LogP contribution in [-0.4, -0.2) is 19.9 Å². The zero-order valence-electron chi connectivity index (χ0n) is 13.4. The number of aromatic nitrogens is 1. The fraction of sp³-hybridized carbons (Fsp3) is 0.167. The topological polar surface area (TPSA) is 50.3 Å². The molecule has 0 aliphatic carbocycles. The lowest BCUT2D eigenvalue weighted by Gasteiger charge is -2.24. The highest BCUT2D eigenvalue weighted by atomic mass is 79.9. The molecule has 0 unspecified atom stereocenters. The molecule has 0 N–H and O–H groups in total. The van der Waals surface area contributed by atoms with E-state index in [1.54, 1.807) is 35.7 Å². The van der Waals surface area contributed by atoms with Crippen LogP contribution in [0.1, 0.15) is 11.1 Å². The summed E-state index contributed by atoms with van der Waals surface area (Å²) < 4.78 is 29.0. The van der Waals surface area contributed by atoms with Crippen LogP contribution >= 0.6 is 27.3 Å². The molecule has 0 amide bonds. The van der Waals surface area contributed by atoms with Crippen LogP contribution < -0.4 is 4.31 Å². The third kappa shape index (κ3) is 2.90. The summed E-state index contributed by atoms with van der Waals surface area (Å²) in [4.78, 5) is 5.83. The number of halogens is 1. The van der Waals surface area contributed by atoms with Crippen molar-refractivity contribution < 1.29 is 8.42 Å². The average molecular weight is 435 g/mol. The number of fused-ring (bicyclic) bond motifs is 3. The van der Waals surface area contributed by atoms with Crippen molar-refractivity contribution in [2.45, 2.75) is 18.2 Å². The van der Waals surface area contributed by atoms with Gasteiger partial charge in [-0.1, -0.05) is 17.7 Å². The van der Waals surface area contributed by atoms with Crippen LogP contribution in [0.4, 0.5) is 5.69 Å². The molecule has 0 saturated carbocycles. The van der Waals surface area contributed by atoms with Crippen molar-refractivity contribution in [3.05, 3.63) is 63.6 Å². The summed E-state index contributed by atoms with van der Waals surface area (Å²) in [6.45, 7) is 2.34. The Kier molecular flexibility index (Phi) is 4.17. The minimum atomic E-state index is -3.64. The van der Waals surface area contributed by atoms with E-state index in [-0.39, 0.29) is 0 Å². The Morgan fingerprint density at radius 3 is 2.72 bits per heavy atom. The average Bonchev–Trinajstić information content (AvgIpc) is 2.89. The molecule has 0 fully saturated rings. The number of pyridine rings is 1. The molecule has 1 aliphatic rings. The molecule has 0 spiro atoms. The standard InChI is InChI=1S/C18H15BrN2O2S2/c1-12-4-6-14(7-5-12)25(22,23)21-10-8-13-11-16(19)24-18(13)17-15(21)3-2-9-20-17/h2-7,9,11H,8,10H2,1H3. The highest BCUT2D eigenvalue weighted by molar-refractivity contribution is 9.11. The summed E-state index contributed by atoms with van der Waals surface area (Å²) in [6, 6.07) is 12.6. The van der Waals surface area contributed by atoms with Crippen LogP contribution in [0.3, 0.4) is 0 Å². The van der Waals surface area contributed by atoms with Crippen LogP contribution in [0.25, 0.3) is 10.6 Å². The van der Waals surface area contributed by atoms with E-state index in [4.69, 9.17) is 0 Å². The van der Waals surface area contributed by atoms with Gasteiger partial charge in [0.05, 0.1) is 19.2 Å². The second-order valence-electron chi connectivity index (χ2n) is 5.92. The summed E-state index contributed by atoms with van der Waals surface area (Å²) in [5.74, 6) is 0. The second kappa shape index (κ2) is 6.23. The Morgan fingerprint density at radius 1 is 1.20 bits per heavy atom. The molecule has 7 heteroatoms. The van der Waals surface area contributed by atoms with Gasteiger partial charge in [0.15, 0.2) is 0 Å². The summed E-state index contributed by atoms with van der Waals surface area (Å²) in [7, 11) is -3.64. The number of rotatable bonds is 2. The van der Waals surface area contributed by atoms with Gasteiger partial charge in [0.1, 0.15) is 5.69 Å². The lowest BCUT2D eigenvalue weighted by molar-refractivity contribution is 0.591. The molecular weight excluding hydrogens is 420 g/mol. The maximum Gasteiger partial charge on any atom is 0.264 e. The number of hydrogen-bond acceptors (Lipinski definition) is 4. The van der Waals surface area contributed by atoms with Crippen molar-refractivity contribution in [3.8, 4) is 10.6 Å². The lowest BCUT2D eigenvalue weighted by Crippen LogP contribution is -2.32. The van der Waals surface area contributed by atoms with Crippen molar-refractivity contribution in [1.29, 1.82) is 0 Å². The van der Waals surface area contributed by atoms with Gasteiger partial charge in [0.25, 0.3) is 10.0 Å². The third-order valence-corrected chi connectivity index (χ3v) is 7.76. The van der Waals surface area contributed by atoms with E-state index < -0.39 is 10.0 Å². The highest BCUT2D eigenvalue weighted by Gasteiger charge is 2.31. The molecule has 0 radical (unpaired) electrons. The number of nitrogens with zero attached hydrogens (tertiary/aromatic N) is 2. The first kappa shape index (κ1) is 16.8. The molecule has 3 heterocycles. The summed E-state index contributed by atoms with van der Waals surface area (Å²) >= 11 is 5.12. The predicted octanol–water partition coefficient (Wildman–Crippen LogP) is 4.63. The first-order valence-electron chi connectivity index (χ1n) is 7.80. The van der Waals surface area contributed by atoms with Gasteiger partial charge in [-0.3, -0.25) is 9.29 Å². The van der Waals surface area contributed by atoms with E-state index in [0.717, 1.165) is 25.5 Å². The largest absolute Gasteiger partial charge is 0.264 e. The van der Waals surface area contributed by atoms with Crippen molar-refractivity contribution in [2.75, 3.05) is 10.8 Å². The summed E-state index contributed by atoms with van der Waals surface area (Å²) in [5.41, 5.74) is 3.51. The van der Waals surface area contributed by atoms with Gasteiger partial charge in [-0.2, -0.15) is 0 Å². The van der Waals surface area contributed by atoms with Gasteiger partial charge in [-0.05, 0) is 65.2 Å². The number of hydrogen-bond donors (Lipinski definition) is 0.